The van der Waals surface area contributed by atoms with Gasteiger partial charge in [0.05, 0.1) is 23.8 Å². The molecule has 0 saturated heterocycles. The number of hydrogen-bond acceptors (Lipinski definition) is 4. The Morgan fingerprint density at radius 2 is 1.73 bits per heavy atom. The molecule has 0 bridgehead atoms. The van der Waals surface area contributed by atoms with Gasteiger partial charge < -0.3 is 19.4 Å². The Morgan fingerprint density at radius 3 is 2.53 bits per heavy atom. The third-order valence-corrected chi connectivity index (χ3v) is 4.81. The highest BCUT2D eigenvalue weighted by molar-refractivity contribution is 5.93. The van der Waals surface area contributed by atoms with Crippen LogP contribution >= 0.6 is 0 Å². The summed E-state index contributed by atoms with van der Waals surface area (Å²) in [4.78, 5) is 17.5. The standard InChI is InChI=1S/C24H23N3O3/c1-17-11-13-18(14-12-17)30-16-23-25-19-7-3-5-9-21(19)27(23)15-24(28)26-20-8-4-6-10-22(20)29-2/h3-14H,15-16H2,1-2H3,(H,26,28). The number of imidazole rings is 1. The number of hydrogen-bond donors (Lipinski definition) is 1. The molecule has 0 aliphatic rings. The van der Waals surface area contributed by atoms with Crippen molar-refractivity contribution in [3.63, 3.8) is 0 Å². The number of amides is 1. The van der Waals surface area contributed by atoms with Gasteiger partial charge in [0.2, 0.25) is 5.91 Å². The molecular weight excluding hydrogens is 378 g/mol. The Balaban J connectivity index is 1.56. The van der Waals surface area contributed by atoms with Gasteiger partial charge in [0.1, 0.15) is 30.5 Å². The van der Waals surface area contributed by atoms with Crippen LogP contribution in [0.5, 0.6) is 11.5 Å². The number of aryl methyl sites for hydroxylation is 1. The van der Waals surface area contributed by atoms with Gasteiger partial charge in [-0.25, -0.2) is 4.98 Å². The SMILES string of the molecule is COc1ccccc1NC(=O)Cn1c(COc2ccc(C)cc2)nc2ccccc21. The van der Waals surface area contributed by atoms with Crippen LogP contribution in [-0.2, 0) is 17.9 Å². The Kier molecular flexibility index (Phi) is 5.66. The molecule has 0 fully saturated rings. The number of rotatable bonds is 7. The van der Waals surface area contributed by atoms with Crippen LogP contribution in [0.15, 0.2) is 72.8 Å². The molecule has 0 unspecified atom stereocenters. The third-order valence-electron chi connectivity index (χ3n) is 4.81. The fraction of sp³-hybridized carbons (Fsp3) is 0.167. The molecule has 1 heterocycles. The quantitative estimate of drug-likeness (QED) is 0.493. The molecule has 3 aromatic carbocycles. The number of methoxy groups -OCH3 is 1. The summed E-state index contributed by atoms with van der Waals surface area (Å²) in [7, 11) is 1.58. The summed E-state index contributed by atoms with van der Waals surface area (Å²) in [6, 6.07) is 22.9. The van der Waals surface area contributed by atoms with Crippen molar-refractivity contribution >= 4 is 22.6 Å². The Morgan fingerprint density at radius 1 is 1.00 bits per heavy atom. The first-order valence-corrected chi connectivity index (χ1v) is 9.70. The molecule has 4 rings (SSSR count). The maximum Gasteiger partial charge on any atom is 0.244 e. The molecule has 6 heteroatoms. The van der Waals surface area contributed by atoms with E-state index in [9.17, 15) is 4.79 Å². The summed E-state index contributed by atoms with van der Waals surface area (Å²) in [6.07, 6.45) is 0. The number of aromatic nitrogens is 2. The number of carbonyl (C=O) groups excluding carboxylic acids is 1. The van der Waals surface area contributed by atoms with Crippen LogP contribution in [0.25, 0.3) is 11.0 Å². The van der Waals surface area contributed by atoms with Crippen molar-refractivity contribution in [2.24, 2.45) is 0 Å². The molecular formula is C24H23N3O3. The number of carbonyl (C=O) groups is 1. The number of nitrogens with one attached hydrogen (secondary N) is 1. The highest BCUT2D eigenvalue weighted by Gasteiger charge is 2.15. The van der Waals surface area contributed by atoms with E-state index in [1.165, 1.54) is 5.56 Å². The highest BCUT2D eigenvalue weighted by Crippen LogP contribution is 2.24. The van der Waals surface area contributed by atoms with E-state index in [1.807, 2.05) is 84.3 Å². The second-order valence-corrected chi connectivity index (χ2v) is 6.95. The molecule has 0 aliphatic heterocycles. The molecule has 0 aliphatic carbocycles. The van der Waals surface area contributed by atoms with E-state index in [-0.39, 0.29) is 19.1 Å². The van der Waals surface area contributed by atoms with Crippen molar-refractivity contribution in [1.29, 1.82) is 0 Å². The molecule has 0 saturated carbocycles. The zero-order chi connectivity index (χ0) is 20.9. The van der Waals surface area contributed by atoms with E-state index in [0.717, 1.165) is 16.8 Å². The number of ether oxygens (including phenoxy) is 2. The average Bonchev–Trinajstić information content (AvgIpc) is 3.11. The van der Waals surface area contributed by atoms with Gasteiger partial charge in [-0.15, -0.1) is 0 Å². The van der Waals surface area contributed by atoms with E-state index < -0.39 is 0 Å². The monoisotopic (exact) mass is 401 g/mol. The maximum atomic E-state index is 12.8. The normalized spacial score (nSPS) is 10.7. The van der Waals surface area contributed by atoms with Crippen LogP contribution in [0.2, 0.25) is 0 Å². The van der Waals surface area contributed by atoms with Crippen LogP contribution in [-0.4, -0.2) is 22.6 Å². The molecule has 1 aromatic heterocycles. The van der Waals surface area contributed by atoms with Gasteiger partial charge in [0.25, 0.3) is 0 Å². The lowest BCUT2D eigenvalue weighted by molar-refractivity contribution is -0.116. The van der Waals surface area contributed by atoms with Gasteiger partial charge >= 0.3 is 0 Å². The minimum absolute atomic E-state index is 0.116. The van der Waals surface area contributed by atoms with Gasteiger partial charge in [-0.2, -0.15) is 0 Å². The summed E-state index contributed by atoms with van der Waals surface area (Å²) in [5.41, 5.74) is 3.51. The first-order valence-electron chi connectivity index (χ1n) is 9.70. The second-order valence-electron chi connectivity index (χ2n) is 6.95. The second kappa shape index (κ2) is 8.69. The van der Waals surface area contributed by atoms with Gasteiger partial charge in [-0.3, -0.25) is 4.79 Å². The summed E-state index contributed by atoms with van der Waals surface area (Å²) < 4.78 is 13.1. The largest absolute Gasteiger partial charge is 0.495 e. The molecule has 6 nitrogen and oxygen atoms in total. The maximum absolute atomic E-state index is 12.8. The molecule has 1 amide bonds. The van der Waals surface area contributed by atoms with Gasteiger partial charge in [-0.1, -0.05) is 42.0 Å². The minimum atomic E-state index is -0.167. The molecule has 0 atom stereocenters. The van der Waals surface area contributed by atoms with Crippen LogP contribution in [0.3, 0.4) is 0 Å². The lowest BCUT2D eigenvalue weighted by atomic mass is 10.2. The fourth-order valence-electron chi connectivity index (χ4n) is 3.28. The predicted molar refractivity (Wildman–Crippen MR) is 117 cm³/mol. The van der Waals surface area contributed by atoms with Gasteiger partial charge in [-0.05, 0) is 43.3 Å². The topological polar surface area (TPSA) is 65.4 Å². The zero-order valence-corrected chi connectivity index (χ0v) is 17.0. The summed E-state index contributed by atoms with van der Waals surface area (Å²) in [6.45, 7) is 2.41. The van der Waals surface area contributed by atoms with E-state index >= 15 is 0 Å². The summed E-state index contributed by atoms with van der Waals surface area (Å²) in [5, 5.41) is 2.92. The highest BCUT2D eigenvalue weighted by atomic mass is 16.5. The van der Waals surface area contributed by atoms with Crippen molar-refractivity contribution in [1.82, 2.24) is 9.55 Å². The smallest absolute Gasteiger partial charge is 0.244 e. The third kappa shape index (κ3) is 4.27. The fourth-order valence-corrected chi connectivity index (χ4v) is 3.28. The Hall–Kier alpha value is -3.80. The summed E-state index contributed by atoms with van der Waals surface area (Å²) >= 11 is 0. The molecule has 30 heavy (non-hydrogen) atoms. The van der Waals surface area contributed by atoms with Crippen molar-refractivity contribution in [3.05, 3.63) is 84.2 Å². The van der Waals surface area contributed by atoms with E-state index in [2.05, 4.69) is 10.3 Å². The summed E-state index contributed by atoms with van der Waals surface area (Å²) in [5.74, 6) is 1.90. The van der Waals surface area contributed by atoms with Crippen molar-refractivity contribution in [3.8, 4) is 11.5 Å². The number of benzene rings is 3. The van der Waals surface area contributed by atoms with Crippen LogP contribution < -0.4 is 14.8 Å². The molecule has 4 aromatic rings. The minimum Gasteiger partial charge on any atom is -0.495 e. The molecule has 0 radical (unpaired) electrons. The average molecular weight is 401 g/mol. The van der Waals surface area contributed by atoms with E-state index in [4.69, 9.17) is 9.47 Å². The van der Waals surface area contributed by atoms with Gasteiger partial charge in [0, 0.05) is 0 Å². The van der Waals surface area contributed by atoms with Crippen molar-refractivity contribution in [2.45, 2.75) is 20.1 Å². The van der Waals surface area contributed by atoms with Crippen molar-refractivity contribution < 1.29 is 14.3 Å². The number of fused-ring (bicyclic) bond motifs is 1. The lowest BCUT2D eigenvalue weighted by Gasteiger charge is -2.13. The zero-order valence-electron chi connectivity index (χ0n) is 17.0. The van der Waals surface area contributed by atoms with Crippen LogP contribution in [0.1, 0.15) is 11.4 Å². The first-order chi connectivity index (χ1) is 14.6. The number of para-hydroxylation sites is 4. The van der Waals surface area contributed by atoms with E-state index in [1.54, 1.807) is 7.11 Å². The lowest BCUT2D eigenvalue weighted by Crippen LogP contribution is -2.21. The van der Waals surface area contributed by atoms with Crippen LogP contribution in [0, 0.1) is 6.92 Å². The molecule has 152 valence electrons. The molecule has 0 spiro atoms. The number of nitrogens with zero attached hydrogens (tertiary/aromatic N) is 2. The Bertz CT molecular complexity index is 1170. The number of anilines is 1. The van der Waals surface area contributed by atoms with Gasteiger partial charge in [0.15, 0.2) is 0 Å². The first kappa shape index (κ1) is 19.5. The van der Waals surface area contributed by atoms with Crippen LogP contribution in [0.4, 0.5) is 5.69 Å². The molecule has 1 N–H and O–H groups in total. The predicted octanol–water partition coefficient (Wildman–Crippen LogP) is 4.57. The van der Waals surface area contributed by atoms with Crippen molar-refractivity contribution in [2.75, 3.05) is 12.4 Å². The Labute approximate surface area is 175 Å². The van der Waals surface area contributed by atoms with E-state index in [0.29, 0.717) is 17.3 Å².